The highest BCUT2D eigenvalue weighted by Gasteiger charge is 2.27. The van der Waals surface area contributed by atoms with Crippen LogP contribution in [-0.2, 0) is 8.23 Å². The third-order valence-corrected chi connectivity index (χ3v) is 15.4. The van der Waals surface area contributed by atoms with Gasteiger partial charge in [-0.2, -0.15) is 0 Å². The average Bonchev–Trinajstić information content (AvgIpc) is 2.13. The van der Waals surface area contributed by atoms with Crippen molar-refractivity contribution in [2.45, 2.75) is 39.0 Å². The lowest BCUT2D eigenvalue weighted by atomic mass is 10.6. The number of rotatable bonds is 7. The first-order valence-electron chi connectivity index (χ1n) is 5.21. The standard InChI is InChI=1S/C7H21NO2Si4/c1-5-6-14(4,7-8)10-12-11-9-13(2)3/h13H,5-6,11-12H2,1-4H3. The van der Waals surface area contributed by atoms with Gasteiger partial charge in [-0.05, 0) is 25.7 Å². The van der Waals surface area contributed by atoms with Gasteiger partial charge in [-0.15, -0.1) is 0 Å². The highest BCUT2D eigenvalue weighted by Crippen LogP contribution is 2.11. The van der Waals surface area contributed by atoms with Gasteiger partial charge in [-0.3, -0.25) is 0 Å². The minimum Gasteiger partial charge on any atom is -0.463 e. The fraction of sp³-hybridized carbons (Fsp3) is 0.857. The van der Waals surface area contributed by atoms with Gasteiger partial charge in [0.15, 0.2) is 27.6 Å². The van der Waals surface area contributed by atoms with Crippen LogP contribution in [0, 0.1) is 11.0 Å². The van der Waals surface area contributed by atoms with E-state index in [1.807, 2.05) is 6.55 Å². The summed E-state index contributed by atoms with van der Waals surface area (Å²) < 4.78 is 11.5. The Morgan fingerprint density at radius 1 is 1.43 bits per heavy atom. The van der Waals surface area contributed by atoms with Crippen LogP contribution in [-0.4, -0.2) is 35.9 Å². The van der Waals surface area contributed by atoms with E-state index in [0.717, 1.165) is 12.5 Å². The van der Waals surface area contributed by atoms with E-state index in [9.17, 15) is 0 Å². The molecule has 0 heterocycles. The van der Waals surface area contributed by atoms with Crippen molar-refractivity contribution in [1.29, 1.82) is 5.26 Å². The van der Waals surface area contributed by atoms with Gasteiger partial charge in [0.05, 0.1) is 5.69 Å². The molecule has 0 N–H and O–H groups in total. The summed E-state index contributed by atoms with van der Waals surface area (Å²) in [5, 5.41) is 9.02. The molecule has 0 bridgehead atoms. The predicted octanol–water partition coefficient (Wildman–Crippen LogP) is 0.134. The van der Waals surface area contributed by atoms with Crippen LogP contribution in [0.15, 0.2) is 0 Å². The van der Waals surface area contributed by atoms with Crippen LogP contribution in [0.5, 0.6) is 0 Å². The first-order valence-corrected chi connectivity index (χ1v) is 15.8. The van der Waals surface area contributed by atoms with E-state index in [1.54, 1.807) is 0 Å². The maximum absolute atomic E-state index is 9.02. The van der Waals surface area contributed by atoms with Crippen molar-refractivity contribution < 1.29 is 8.23 Å². The zero-order valence-electron chi connectivity index (χ0n) is 9.67. The lowest BCUT2D eigenvalue weighted by Gasteiger charge is -2.19. The second kappa shape index (κ2) is 7.55. The minimum atomic E-state index is -1.96. The molecule has 0 radical (unpaired) electrons. The minimum absolute atomic E-state index is 0.380. The third-order valence-electron chi connectivity index (χ3n) is 1.92. The Morgan fingerprint density at radius 3 is 2.50 bits per heavy atom. The molecule has 0 fully saturated rings. The monoisotopic (exact) mass is 263 g/mol. The molecule has 1 unspecified atom stereocenters. The predicted molar refractivity (Wildman–Crippen MR) is 70.5 cm³/mol. The van der Waals surface area contributed by atoms with E-state index in [0.29, 0.717) is 0 Å². The highest BCUT2D eigenvalue weighted by atomic mass is 29.2. The molecular formula is C7H21NO2Si4. The van der Waals surface area contributed by atoms with Gasteiger partial charge in [-0.25, -0.2) is 5.26 Å². The van der Waals surface area contributed by atoms with Crippen molar-refractivity contribution in [3.05, 3.63) is 0 Å². The molecule has 1 atom stereocenters. The zero-order chi connectivity index (χ0) is 11.0. The van der Waals surface area contributed by atoms with Crippen molar-refractivity contribution in [2.75, 3.05) is 0 Å². The van der Waals surface area contributed by atoms with E-state index >= 15 is 0 Å². The zero-order valence-corrected chi connectivity index (χ0v) is 14.7. The summed E-state index contributed by atoms with van der Waals surface area (Å²) in [5.41, 5.74) is 2.40. The summed E-state index contributed by atoms with van der Waals surface area (Å²) in [6.45, 7) is 8.52. The van der Waals surface area contributed by atoms with Crippen LogP contribution in [0.2, 0.25) is 25.7 Å². The summed E-state index contributed by atoms with van der Waals surface area (Å²) in [7, 11) is -3.65. The summed E-state index contributed by atoms with van der Waals surface area (Å²) in [6, 6.07) is 0.976. The maximum atomic E-state index is 9.02. The molecule has 0 aliphatic carbocycles. The fourth-order valence-corrected chi connectivity index (χ4v) is 17.4. The Balaban J connectivity index is 3.69. The van der Waals surface area contributed by atoms with Gasteiger partial charge in [0.2, 0.25) is 0 Å². The summed E-state index contributed by atoms with van der Waals surface area (Å²) >= 11 is 0. The van der Waals surface area contributed by atoms with Crippen LogP contribution in [0.4, 0.5) is 0 Å². The molecule has 7 heteroatoms. The van der Waals surface area contributed by atoms with E-state index in [1.165, 1.54) is 0 Å². The van der Waals surface area contributed by atoms with E-state index in [4.69, 9.17) is 13.5 Å². The quantitative estimate of drug-likeness (QED) is 0.484. The van der Waals surface area contributed by atoms with Gasteiger partial charge in [0.25, 0.3) is 8.32 Å². The molecule has 0 saturated heterocycles. The molecule has 82 valence electrons. The average molecular weight is 264 g/mol. The number of nitriles is 1. The Labute approximate surface area is 94.3 Å². The lowest BCUT2D eigenvalue weighted by molar-refractivity contribution is 0.585. The first-order chi connectivity index (χ1) is 6.54. The van der Waals surface area contributed by atoms with Crippen molar-refractivity contribution in [2.24, 2.45) is 0 Å². The van der Waals surface area contributed by atoms with Gasteiger partial charge >= 0.3 is 0 Å². The molecule has 3 nitrogen and oxygen atoms in total. The van der Waals surface area contributed by atoms with E-state index < -0.39 is 26.6 Å². The molecule has 0 aliphatic rings. The fourth-order valence-electron chi connectivity index (χ4n) is 1.19. The summed E-state index contributed by atoms with van der Waals surface area (Å²) in [5.74, 6) is 0. The molecular weight excluding hydrogens is 242 g/mol. The van der Waals surface area contributed by atoms with Gasteiger partial charge < -0.3 is 8.23 Å². The highest BCUT2D eigenvalue weighted by molar-refractivity contribution is 7.00. The second-order valence-corrected chi connectivity index (χ2v) is 14.9. The van der Waals surface area contributed by atoms with Crippen LogP contribution < -0.4 is 0 Å². The van der Waals surface area contributed by atoms with Crippen molar-refractivity contribution >= 4 is 35.9 Å². The molecule has 0 amide bonds. The largest absolute Gasteiger partial charge is 0.463 e. The van der Waals surface area contributed by atoms with Crippen molar-refractivity contribution in [3.8, 4) is 5.69 Å². The van der Waals surface area contributed by atoms with Crippen LogP contribution in [0.1, 0.15) is 13.3 Å². The number of hydrogen-bond donors (Lipinski definition) is 0. The van der Waals surface area contributed by atoms with Crippen LogP contribution >= 0.6 is 0 Å². The molecule has 0 aromatic rings. The van der Waals surface area contributed by atoms with Crippen LogP contribution in [0.3, 0.4) is 0 Å². The molecule has 14 heavy (non-hydrogen) atoms. The van der Waals surface area contributed by atoms with Gasteiger partial charge in [-0.1, -0.05) is 13.3 Å². The number of hydrogen-bond acceptors (Lipinski definition) is 3. The Morgan fingerprint density at radius 2 is 2.07 bits per heavy atom. The topological polar surface area (TPSA) is 42.2 Å². The Bertz CT molecular complexity index is 197. The second-order valence-electron chi connectivity index (χ2n) is 3.86. The third kappa shape index (κ3) is 6.69. The van der Waals surface area contributed by atoms with E-state index in [-0.39, 0.29) is 9.28 Å². The summed E-state index contributed by atoms with van der Waals surface area (Å²) in [4.78, 5) is 0. The van der Waals surface area contributed by atoms with E-state index in [2.05, 4.69) is 25.7 Å². The number of nitrogens with zero attached hydrogens (tertiary/aromatic N) is 1. The Hall–Kier alpha value is 0.278. The SMILES string of the molecule is CCC[Si](C)(C#N)O[SiH2][SiH2]O[SiH](C)C. The van der Waals surface area contributed by atoms with Crippen molar-refractivity contribution in [1.82, 2.24) is 0 Å². The molecule has 0 aromatic carbocycles. The maximum Gasteiger partial charge on any atom is 0.292 e. The smallest absolute Gasteiger partial charge is 0.292 e. The Kier molecular flexibility index (Phi) is 7.70. The van der Waals surface area contributed by atoms with Crippen LogP contribution in [0.25, 0.3) is 0 Å². The van der Waals surface area contributed by atoms with Crippen molar-refractivity contribution in [3.63, 3.8) is 0 Å². The molecule has 0 spiro atoms. The molecule has 0 aliphatic heterocycles. The molecule has 0 rings (SSSR count). The normalized spacial score (nSPS) is 16.9. The first kappa shape index (κ1) is 14.3. The lowest BCUT2D eigenvalue weighted by Crippen LogP contribution is -2.37. The molecule has 0 aromatic heterocycles. The summed E-state index contributed by atoms with van der Waals surface area (Å²) in [6.07, 6.45) is 1.06. The molecule has 0 saturated carbocycles. The van der Waals surface area contributed by atoms with Gasteiger partial charge in [0.1, 0.15) is 0 Å². The van der Waals surface area contributed by atoms with Gasteiger partial charge in [0, 0.05) is 0 Å².